The summed E-state index contributed by atoms with van der Waals surface area (Å²) in [6.07, 6.45) is 1.72. The van der Waals surface area contributed by atoms with Crippen molar-refractivity contribution in [2.75, 3.05) is 38.2 Å². The highest BCUT2D eigenvalue weighted by molar-refractivity contribution is 5.57. The standard InChI is InChI=1S/C22H24N4O3/c1-28-20-10-6-5-9-18(20)26-22(27)21(29-16-17-7-3-2-4-8-17)19(15-24-26)25-13-11-23-12-14-25/h2-10,15,23H,11-14,16H2,1H3/p+1. The van der Waals surface area contributed by atoms with Crippen LogP contribution in [0.3, 0.4) is 0 Å². The number of anilines is 1. The molecule has 150 valence electrons. The zero-order valence-electron chi connectivity index (χ0n) is 16.5. The first kappa shape index (κ1) is 19.0. The van der Waals surface area contributed by atoms with E-state index in [0.29, 0.717) is 23.8 Å². The second kappa shape index (κ2) is 8.79. The first-order chi connectivity index (χ1) is 14.3. The number of rotatable bonds is 6. The molecule has 0 unspecified atom stereocenters. The number of hydrogen-bond donors (Lipinski definition) is 1. The van der Waals surface area contributed by atoms with Gasteiger partial charge in [-0.2, -0.15) is 9.78 Å². The van der Waals surface area contributed by atoms with E-state index in [2.05, 4.69) is 15.3 Å². The predicted molar refractivity (Wildman–Crippen MR) is 111 cm³/mol. The average Bonchev–Trinajstić information content (AvgIpc) is 2.79. The second-order valence-electron chi connectivity index (χ2n) is 6.88. The summed E-state index contributed by atoms with van der Waals surface area (Å²) in [7, 11) is 1.58. The first-order valence-corrected chi connectivity index (χ1v) is 9.77. The minimum absolute atomic E-state index is 0.294. The van der Waals surface area contributed by atoms with E-state index in [1.807, 2.05) is 54.6 Å². The van der Waals surface area contributed by atoms with Crippen LogP contribution in [0.5, 0.6) is 11.5 Å². The van der Waals surface area contributed by atoms with E-state index >= 15 is 0 Å². The molecule has 1 aliphatic rings. The van der Waals surface area contributed by atoms with Gasteiger partial charge in [0.15, 0.2) is 0 Å². The first-order valence-electron chi connectivity index (χ1n) is 9.77. The lowest BCUT2D eigenvalue weighted by Crippen LogP contribution is -2.89. The molecular weight excluding hydrogens is 368 g/mol. The summed E-state index contributed by atoms with van der Waals surface area (Å²) < 4.78 is 12.8. The maximum absolute atomic E-state index is 13.4. The van der Waals surface area contributed by atoms with Gasteiger partial charge in [-0.05, 0) is 17.7 Å². The van der Waals surface area contributed by atoms with E-state index < -0.39 is 0 Å². The van der Waals surface area contributed by atoms with Crippen molar-refractivity contribution in [2.24, 2.45) is 0 Å². The predicted octanol–water partition coefficient (Wildman–Crippen LogP) is 1.20. The second-order valence-corrected chi connectivity index (χ2v) is 6.88. The molecule has 1 fully saturated rings. The van der Waals surface area contributed by atoms with Crippen molar-refractivity contribution in [3.05, 3.63) is 76.7 Å². The molecule has 2 N–H and O–H groups in total. The van der Waals surface area contributed by atoms with Gasteiger partial charge < -0.3 is 19.7 Å². The normalized spacial score (nSPS) is 13.9. The van der Waals surface area contributed by atoms with Gasteiger partial charge in [-0.15, -0.1) is 0 Å². The molecule has 3 aromatic rings. The fourth-order valence-electron chi connectivity index (χ4n) is 3.49. The van der Waals surface area contributed by atoms with E-state index in [1.165, 1.54) is 4.68 Å². The fourth-order valence-corrected chi connectivity index (χ4v) is 3.49. The van der Waals surface area contributed by atoms with Crippen molar-refractivity contribution >= 4 is 5.69 Å². The van der Waals surface area contributed by atoms with Crippen molar-refractivity contribution in [2.45, 2.75) is 6.61 Å². The van der Waals surface area contributed by atoms with Crippen molar-refractivity contribution < 1.29 is 14.8 Å². The van der Waals surface area contributed by atoms with Crippen LogP contribution < -0.4 is 25.2 Å². The van der Waals surface area contributed by atoms with Crippen LogP contribution in [0, 0.1) is 0 Å². The van der Waals surface area contributed by atoms with Gasteiger partial charge in [0.2, 0.25) is 5.75 Å². The monoisotopic (exact) mass is 393 g/mol. The summed E-state index contributed by atoms with van der Waals surface area (Å²) >= 11 is 0. The van der Waals surface area contributed by atoms with Crippen molar-refractivity contribution in [1.29, 1.82) is 0 Å². The topological polar surface area (TPSA) is 73.2 Å². The molecule has 2 aromatic carbocycles. The molecule has 0 atom stereocenters. The number of benzene rings is 2. The van der Waals surface area contributed by atoms with E-state index in [-0.39, 0.29) is 5.56 Å². The van der Waals surface area contributed by atoms with Crippen molar-refractivity contribution in [1.82, 2.24) is 9.78 Å². The van der Waals surface area contributed by atoms with Crippen molar-refractivity contribution in [3.8, 4) is 17.2 Å². The highest BCUT2D eigenvalue weighted by Gasteiger charge is 2.22. The van der Waals surface area contributed by atoms with Crippen LogP contribution in [-0.4, -0.2) is 43.1 Å². The lowest BCUT2D eigenvalue weighted by Gasteiger charge is -2.28. The zero-order valence-corrected chi connectivity index (χ0v) is 16.5. The van der Waals surface area contributed by atoms with Crippen LogP contribution in [-0.2, 0) is 6.61 Å². The van der Waals surface area contributed by atoms with E-state index in [1.54, 1.807) is 13.3 Å². The quantitative estimate of drug-likeness (QED) is 0.681. The van der Waals surface area contributed by atoms with Gasteiger partial charge in [-0.3, -0.25) is 4.79 Å². The third kappa shape index (κ3) is 4.09. The Hall–Kier alpha value is -3.32. The molecule has 0 aliphatic carbocycles. The minimum Gasteiger partial charge on any atom is -0.494 e. The third-order valence-electron chi connectivity index (χ3n) is 5.00. The Balaban J connectivity index is 1.76. The van der Waals surface area contributed by atoms with Gasteiger partial charge in [0.25, 0.3) is 0 Å². The van der Waals surface area contributed by atoms with Gasteiger partial charge in [-0.1, -0.05) is 42.5 Å². The van der Waals surface area contributed by atoms with Gasteiger partial charge in [-0.25, -0.2) is 0 Å². The summed E-state index contributed by atoms with van der Waals surface area (Å²) in [5.41, 5.74) is 2.04. The lowest BCUT2D eigenvalue weighted by molar-refractivity contribution is -0.655. The number of quaternary nitrogens is 1. The third-order valence-corrected chi connectivity index (χ3v) is 5.00. The molecule has 0 radical (unpaired) electrons. The SMILES string of the molecule is COc1ccccc1-n1ncc(N2CC[NH2+]CC2)c(OCc2ccccc2)c1=O. The van der Waals surface area contributed by atoms with Crippen LogP contribution >= 0.6 is 0 Å². The summed E-state index contributed by atoms with van der Waals surface area (Å²) in [4.78, 5) is 15.6. The number of piperazine rings is 1. The fraction of sp³-hybridized carbons (Fsp3) is 0.273. The molecule has 1 aromatic heterocycles. The molecule has 2 heterocycles. The molecule has 1 aliphatic heterocycles. The number of para-hydroxylation sites is 2. The maximum Gasteiger partial charge on any atom is 0.316 e. The summed E-state index contributed by atoms with van der Waals surface area (Å²) in [5.74, 6) is 0.896. The van der Waals surface area contributed by atoms with Gasteiger partial charge in [0, 0.05) is 0 Å². The van der Waals surface area contributed by atoms with Crippen LogP contribution in [0.25, 0.3) is 5.69 Å². The van der Waals surface area contributed by atoms with Crippen LogP contribution in [0.4, 0.5) is 5.69 Å². The van der Waals surface area contributed by atoms with Crippen LogP contribution in [0.15, 0.2) is 65.6 Å². The lowest BCUT2D eigenvalue weighted by atomic mass is 10.2. The van der Waals surface area contributed by atoms with Gasteiger partial charge in [0.05, 0.1) is 39.5 Å². The highest BCUT2D eigenvalue weighted by atomic mass is 16.5. The number of hydrogen-bond acceptors (Lipinski definition) is 5. The molecule has 4 rings (SSSR count). The molecule has 29 heavy (non-hydrogen) atoms. The average molecular weight is 393 g/mol. The Morgan fingerprint density at radius 1 is 1.00 bits per heavy atom. The number of methoxy groups -OCH3 is 1. The number of aromatic nitrogens is 2. The molecule has 0 bridgehead atoms. The highest BCUT2D eigenvalue weighted by Crippen LogP contribution is 2.27. The van der Waals surface area contributed by atoms with Gasteiger partial charge >= 0.3 is 5.56 Å². The molecule has 0 spiro atoms. The molecular formula is C22H25N4O3+. The smallest absolute Gasteiger partial charge is 0.316 e. The Morgan fingerprint density at radius 3 is 2.48 bits per heavy atom. The summed E-state index contributed by atoms with van der Waals surface area (Å²) in [5, 5.41) is 6.71. The Morgan fingerprint density at radius 2 is 1.72 bits per heavy atom. The minimum atomic E-state index is -0.294. The number of nitrogens with zero attached hydrogens (tertiary/aromatic N) is 3. The van der Waals surface area contributed by atoms with E-state index in [4.69, 9.17) is 9.47 Å². The van der Waals surface area contributed by atoms with Gasteiger partial charge in [0.1, 0.15) is 23.7 Å². The van der Waals surface area contributed by atoms with E-state index in [9.17, 15) is 4.79 Å². The molecule has 7 nitrogen and oxygen atoms in total. The number of nitrogens with two attached hydrogens (primary N) is 1. The Bertz CT molecular complexity index is 1010. The molecule has 7 heteroatoms. The summed E-state index contributed by atoms with van der Waals surface area (Å²) in [6, 6.07) is 17.2. The zero-order chi connectivity index (χ0) is 20.1. The Labute approximate surface area is 169 Å². The van der Waals surface area contributed by atoms with Crippen molar-refractivity contribution in [3.63, 3.8) is 0 Å². The number of ether oxygens (including phenoxy) is 2. The van der Waals surface area contributed by atoms with E-state index in [0.717, 1.165) is 37.4 Å². The molecule has 0 amide bonds. The summed E-state index contributed by atoms with van der Waals surface area (Å²) in [6.45, 7) is 3.98. The largest absolute Gasteiger partial charge is 0.494 e. The molecule has 0 saturated carbocycles. The Kier molecular flexibility index (Phi) is 5.76. The van der Waals surface area contributed by atoms with Crippen LogP contribution in [0.2, 0.25) is 0 Å². The van der Waals surface area contributed by atoms with Crippen LogP contribution in [0.1, 0.15) is 5.56 Å². The molecule has 1 saturated heterocycles. The maximum atomic E-state index is 13.4.